The average Bonchev–Trinajstić information content (AvgIpc) is 2.13. The summed E-state index contributed by atoms with van der Waals surface area (Å²) in [6.07, 6.45) is 0. The minimum atomic E-state index is -0.833. The van der Waals surface area contributed by atoms with Crippen LogP contribution in [0, 0.1) is 0 Å². The Morgan fingerprint density at radius 1 is 0.591 bits per heavy atom. The third-order valence-electron chi connectivity index (χ3n) is 0.167. The van der Waals surface area contributed by atoms with Gasteiger partial charge in [0.15, 0.2) is 0 Å². The first kappa shape index (κ1) is 43.2. The van der Waals surface area contributed by atoms with Gasteiger partial charge >= 0.3 is 75.5 Å². The fourth-order valence-electron chi connectivity index (χ4n) is 0. The summed E-state index contributed by atoms with van der Waals surface area (Å²) in [5.74, 6) is -3.33. The summed E-state index contributed by atoms with van der Waals surface area (Å²) in [5.41, 5.74) is 9.81. The van der Waals surface area contributed by atoms with Crippen LogP contribution in [0.25, 0.3) is 0 Å². The minimum Gasteiger partial charge on any atom is -0.481 e. The molecule has 0 aromatic carbocycles. The Kier molecular flexibility index (Phi) is 84.3. The van der Waals surface area contributed by atoms with E-state index in [0.717, 1.165) is 27.7 Å². The molecule has 22 heavy (non-hydrogen) atoms. The molecule has 0 saturated carbocycles. The van der Waals surface area contributed by atoms with Crippen LogP contribution >= 0.6 is 0 Å². The van der Waals surface area contributed by atoms with Crippen molar-refractivity contribution in [3.8, 4) is 0 Å². The van der Waals surface area contributed by atoms with E-state index in [9.17, 15) is 0 Å². The summed E-state index contributed by atoms with van der Waals surface area (Å²) in [5, 5.41) is 29.7. The molecule has 10 nitrogen and oxygen atoms in total. The molecule has 122 valence electrons. The topological polar surface area (TPSA) is 201 Å². The zero-order chi connectivity index (χ0) is 17.7. The summed E-state index contributed by atoms with van der Waals surface area (Å²) in [4.78, 5) is 36.0. The van der Waals surface area contributed by atoms with Gasteiger partial charge in [0.25, 0.3) is 23.9 Å². The van der Waals surface area contributed by atoms with E-state index in [4.69, 9.17) is 51.1 Å². The van der Waals surface area contributed by atoms with Crippen LogP contribution in [0.4, 0.5) is 0 Å². The Morgan fingerprint density at radius 3 is 0.636 bits per heavy atom. The number of hydrogen-bond donors (Lipinski definition) is 6. The Hall–Kier alpha value is 0.319. The molecule has 0 radical (unpaired) electrons. The first-order valence-corrected chi connectivity index (χ1v) is 5.03. The minimum absolute atomic E-state index is 0. The largest absolute Gasteiger partial charge is 2.00 e. The molecule has 0 aromatic heterocycles. The van der Waals surface area contributed by atoms with Gasteiger partial charge in [0, 0.05) is 40.8 Å². The van der Waals surface area contributed by atoms with Crippen LogP contribution < -0.4 is 11.5 Å². The van der Waals surface area contributed by atoms with Crippen LogP contribution in [0.1, 0.15) is 27.7 Å². The molecule has 0 fully saturated rings. The predicted octanol–water partition coefficient (Wildman–Crippen LogP) is -1.49. The van der Waals surface area contributed by atoms with Crippen LogP contribution in [0.2, 0.25) is 0 Å². The molecule has 0 saturated heterocycles. The Morgan fingerprint density at radius 2 is 0.636 bits per heavy atom. The van der Waals surface area contributed by atoms with Crippen LogP contribution in [-0.2, 0) is 19.2 Å². The molecule has 0 unspecified atom stereocenters. The maximum Gasteiger partial charge on any atom is 2.00 e. The van der Waals surface area contributed by atoms with Gasteiger partial charge in [-0.25, -0.2) is 0 Å². The zero-order valence-electron chi connectivity index (χ0n) is 13.4. The van der Waals surface area contributed by atoms with Crippen molar-refractivity contribution in [2.75, 3.05) is 13.1 Å². The first-order chi connectivity index (χ1) is 8.84. The van der Waals surface area contributed by atoms with Crippen molar-refractivity contribution < 1.29 is 39.6 Å². The van der Waals surface area contributed by atoms with Crippen LogP contribution in [0.3, 0.4) is 0 Å². The van der Waals surface area contributed by atoms with E-state index in [1.807, 2.05) is 0 Å². The normalized spacial score (nSPS) is 5.91. The van der Waals surface area contributed by atoms with Crippen molar-refractivity contribution in [2.45, 2.75) is 27.7 Å². The monoisotopic (exact) mass is 380 g/mol. The van der Waals surface area contributed by atoms with Crippen LogP contribution in [-0.4, -0.2) is 133 Å². The molecule has 0 atom stereocenters. The second-order valence-corrected chi connectivity index (χ2v) is 2.65. The number of carboxylic acid groups (broad SMARTS) is 4. The van der Waals surface area contributed by atoms with Gasteiger partial charge in [0.2, 0.25) is 0 Å². The summed E-state index contributed by atoms with van der Waals surface area (Å²) in [7, 11) is 0. The fourth-order valence-corrected chi connectivity index (χ4v) is 0. The predicted molar refractivity (Wildman–Crippen MR) is 82.9 cm³/mol. The van der Waals surface area contributed by atoms with E-state index in [2.05, 4.69) is 0 Å². The van der Waals surface area contributed by atoms with Gasteiger partial charge in [-0.05, 0) is 0 Å². The summed E-state index contributed by atoms with van der Waals surface area (Å²) in [6, 6.07) is 0. The Balaban J connectivity index is -0.0000000250. The van der Waals surface area contributed by atoms with Crippen LogP contribution in [0.5, 0.6) is 0 Å². The van der Waals surface area contributed by atoms with Crippen molar-refractivity contribution >= 4 is 99.4 Å². The van der Waals surface area contributed by atoms with Crippen LogP contribution in [0.15, 0.2) is 0 Å². The third kappa shape index (κ3) is 4360. The number of nitrogens with two attached hydrogens (primary N) is 2. The first-order valence-electron chi connectivity index (χ1n) is 5.03. The van der Waals surface area contributed by atoms with E-state index in [1.165, 1.54) is 0 Å². The molecule has 0 aromatic rings. The average molecular weight is 380 g/mol. The quantitative estimate of drug-likeness (QED) is 0.291. The van der Waals surface area contributed by atoms with E-state index in [1.54, 1.807) is 0 Å². The zero-order valence-corrected chi connectivity index (χ0v) is 17.8. The van der Waals surface area contributed by atoms with Gasteiger partial charge < -0.3 is 31.9 Å². The van der Waals surface area contributed by atoms with E-state index in [-0.39, 0.29) is 75.5 Å². The fraction of sp³-hybridized carbons (Fsp3) is 0.600. The smallest absolute Gasteiger partial charge is 0.481 e. The second kappa shape index (κ2) is 42.9. The number of rotatable bonds is 1. The van der Waals surface area contributed by atoms with Gasteiger partial charge in [-0.1, -0.05) is 0 Å². The van der Waals surface area contributed by atoms with Gasteiger partial charge in [-0.3, -0.25) is 19.2 Å². The van der Waals surface area contributed by atoms with Crippen molar-refractivity contribution in [1.29, 1.82) is 0 Å². The third-order valence-corrected chi connectivity index (χ3v) is 0.167. The standard InChI is InChI=1S/C2H8N2.4C2H4O2.2Ca/c3-1-2-4;4*1-2(3)4;;/h1-4H2;4*1H3,(H,3,4);;/q;;;;;2*+2. The van der Waals surface area contributed by atoms with E-state index >= 15 is 0 Å². The van der Waals surface area contributed by atoms with Gasteiger partial charge in [0.05, 0.1) is 0 Å². The maximum absolute atomic E-state index is 9.00. The second-order valence-electron chi connectivity index (χ2n) is 2.65. The van der Waals surface area contributed by atoms with Crippen molar-refractivity contribution in [3.63, 3.8) is 0 Å². The molecular weight excluding hydrogens is 356 g/mol. The van der Waals surface area contributed by atoms with Gasteiger partial charge in [-0.2, -0.15) is 0 Å². The van der Waals surface area contributed by atoms with E-state index < -0.39 is 23.9 Å². The van der Waals surface area contributed by atoms with Gasteiger partial charge in [-0.15, -0.1) is 0 Å². The molecule has 0 aliphatic rings. The molecule has 0 bridgehead atoms. The molecule has 0 amide bonds. The molecule has 0 rings (SSSR count). The summed E-state index contributed by atoms with van der Waals surface area (Å²) >= 11 is 0. The number of carbonyl (C=O) groups is 4. The Labute approximate surface area is 189 Å². The van der Waals surface area contributed by atoms with Crippen molar-refractivity contribution in [2.24, 2.45) is 11.5 Å². The molecular formula is C10H24Ca2N2O8+4. The maximum atomic E-state index is 9.00. The van der Waals surface area contributed by atoms with Crippen molar-refractivity contribution in [1.82, 2.24) is 0 Å². The van der Waals surface area contributed by atoms with Gasteiger partial charge in [0.1, 0.15) is 0 Å². The summed E-state index contributed by atoms with van der Waals surface area (Å²) in [6.45, 7) is 5.53. The molecule has 8 N–H and O–H groups in total. The molecule has 0 spiro atoms. The summed E-state index contributed by atoms with van der Waals surface area (Å²) < 4.78 is 0. The van der Waals surface area contributed by atoms with Crippen molar-refractivity contribution in [3.05, 3.63) is 0 Å². The molecule has 0 heterocycles. The van der Waals surface area contributed by atoms with E-state index in [0.29, 0.717) is 13.1 Å². The SMILES string of the molecule is CC(=O)O.CC(=O)O.CC(=O)O.CC(=O)O.NCCN.[Ca+2].[Ca+2]. The Bertz CT molecular complexity index is 199. The number of aliphatic carboxylic acids is 4. The number of hydrogen-bond acceptors (Lipinski definition) is 6. The molecule has 12 heteroatoms. The molecule has 0 aliphatic carbocycles. The molecule has 0 aliphatic heterocycles. The number of carboxylic acids is 4.